The van der Waals surface area contributed by atoms with E-state index in [2.05, 4.69) is 19.6 Å². The van der Waals surface area contributed by atoms with E-state index in [9.17, 15) is 15.0 Å². The largest absolute Gasteiger partial charge is 0.530 e. The van der Waals surface area contributed by atoms with Crippen LogP contribution in [0.4, 0.5) is 4.79 Å². The van der Waals surface area contributed by atoms with Gasteiger partial charge in [-0.05, 0) is 30.7 Å². The van der Waals surface area contributed by atoms with Crippen LogP contribution >= 0.6 is 24.0 Å². The number of aromatic hydroxyl groups is 1. The van der Waals surface area contributed by atoms with E-state index in [1.807, 2.05) is 13.0 Å². The fraction of sp³-hybridized carbons (Fsp3) is 0.533. The van der Waals surface area contributed by atoms with Gasteiger partial charge in [0, 0.05) is 32.5 Å². The molecule has 0 saturated heterocycles. The van der Waals surface area contributed by atoms with Crippen LogP contribution in [0.3, 0.4) is 0 Å². The Morgan fingerprint density at radius 2 is 1.76 bits per heavy atom. The number of carbonyl (C=O) groups is 1. The van der Waals surface area contributed by atoms with Gasteiger partial charge in [0.25, 0.3) is 0 Å². The van der Waals surface area contributed by atoms with E-state index in [0.29, 0.717) is 5.75 Å². The Bertz CT molecular complexity index is 447. The van der Waals surface area contributed by atoms with Gasteiger partial charge in [-0.2, -0.15) is 0 Å². The van der Waals surface area contributed by atoms with E-state index in [4.69, 9.17) is 0 Å². The van der Waals surface area contributed by atoms with Gasteiger partial charge in [-0.15, -0.1) is 24.0 Å². The third kappa shape index (κ3) is 6.99. The number of hydrogen-bond donors (Lipinski definition) is 2. The number of benzene rings is 1. The molecule has 0 saturated carbocycles. The average molecular weight is 410 g/mol. The Morgan fingerprint density at radius 3 is 2.05 bits per heavy atom. The lowest BCUT2D eigenvalue weighted by atomic mass is 9.83. The molecular formula is C15H27IN2O3. The van der Waals surface area contributed by atoms with Crippen molar-refractivity contribution >= 4 is 30.1 Å². The fourth-order valence-corrected chi connectivity index (χ4v) is 1.87. The predicted molar refractivity (Wildman–Crippen MR) is 92.5 cm³/mol. The van der Waals surface area contributed by atoms with Crippen molar-refractivity contribution in [2.45, 2.75) is 39.2 Å². The van der Waals surface area contributed by atoms with E-state index in [1.165, 1.54) is 19.7 Å². The summed E-state index contributed by atoms with van der Waals surface area (Å²) in [5.41, 5.74) is 6.66. The first-order valence-electron chi connectivity index (χ1n) is 6.71. The number of hydrogen-bond acceptors (Lipinski definition) is 3. The van der Waals surface area contributed by atoms with Crippen LogP contribution in [0.2, 0.25) is 0 Å². The third-order valence-corrected chi connectivity index (χ3v) is 3.50. The maximum atomic E-state index is 9.51. The second-order valence-electron chi connectivity index (χ2n) is 5.15. The lowest BCUT2D eigenvalue weighted by Crippen LogP contribution is -2.69. The maximum Gasteiger partial charge on any atom is 0.136 e. The molecule has 0 aliphatic rings. The van der Waals surface area contributed by atoms with E-state index in [0.717, 1.165) is 23.3 Å². The minimum absolute atomic E-state index is 0. The molecule has 0 aromatic heterocycles. The van der Waals surface area contributed by atoms with Gasteiger partial charge in [-0.25, -0.2) is 0 Å². The standard InChI is InChI=1S/C12H19NO.C3H7NO2.HI/c1-4-12(13,5-2)11-7-6-10(14)8-9(11)3;1-4(2)3(5)6;/h6-8,14H,4-5,13H2,1-3H3;1-2H3,(H,5,6);1H. The molecule has 0 aliphatic heterocycles. The van der Waals surface area contributed by atoms with Gasteiger partial charge in [0.2, 0.25) is 0 Å². The zero-order valence-corrected chi connectivity index (χ0v) is 15.8. The van der Waals surface area contributed by atoms with Gasteiger partial charge in [0.05, 0.1) is 0 Å². The Hall–Kier alpha value is -1.02. The van der Waals surface area contributed by atoms with E-state index in [1.54, 1.807) is 12.1 Å². The first-order valence-corrected chi connectivity index (χ1v) is 6.71. The van der Waals surface area contributed by atoms with Gasteiger partial charge in [-0.3, -0.25) is 0 Å². The lowest BCUT2D eigenvalue weighted by Gasteiger charge is -2.25. The van der Waals surface area contributed by atoms with Crippen LogP contribution in [0, 0.1) is 6.92 Å². The van der Waals surface area contributed by atoms with Gasteiger partial charge in [-0.1, -0.05) is 13.8 Å². The Balaban J connectivity index is 0. The number of phenolic OH excluding ortho intramolecular Hbond substituents is 1. The Morgan fingerprint density at radius 1 is 1.33 bits per heavy atom. The highest BCUT2D eigenvalue weighted by molar-refractivity contribution is 14.0. The summed E-state index contributed by atoms with van der Waals surface area (Å²) in [6.07, 6.45) is 0.888. The molecule has 0 radical (unpaired) electrons. The van der Waals surface area contributed by atoms with E-state index < -0.39 is 6.09 Å². The molecule has 1 aromatic rings. The Labute approximate surface area is 144 Å². The van der Waals surface area contributed by atoms with Crippen molar-refractivity contribution in [3.05, 3.63) is 29.3 Å². The zero-order chi connectivity index (χ0) is 15.9. The third-order valence-electron chi connectivity index (χ3n) is 3.50. The van der Waals surface area contributed by atoms with Crippen LogP contribution < -0.4 is 10.8 Å². The zero-order valence-electron chi connectivity index (χ0n) is 13.5. The summed E-state index contributed by atoms with van der Waals surface area (Å²) in [7, 11) is 2.82. The summed E-state index contributed by atoms with van der Waals surface area (Å²) in [6, 6.07) is 5.54. The molecule has 0 aliphatic carbocycles. The van der Waals surface area contributed by atoms with Crippen molar-refractivity contribution in [1.82, 2.24) is 4.90 Å². The van der Waals surface area contributed by atoms with Crippen molar-refractivity contribution in [2.75, 3.05) is 14.1 Å². The highest BCUT2D eigenvalue weighted by atomic mass is 127. The van der Waals surface area contributed by atoms with Crippen LogP contribution in [-0.4, -0.2) is 30.2 Å². The molecule has 4 N–H and O–H groups in total. The number of quaternary nitrogens is 1. The monoisotopic (exact) mass is 410 g/mol. The second kappa shape index (κ2) is 9.83. The molecule has 21 heavy (non-hydrogen) atoms. The van der Waals surface area contributed by atoms with Crippen LogP contribution in [-0.2, 0) is 5.54 Å². The number of nitrogens with zero attached hydrogens (tertiary/aromatic N) is 1. The number of rotatable bonds is 3. The van der Waals surface area contributed by atoms with E-state index >= 15 is 0 Å². The first kappa shape index (κ1) is 22.3. The first-order chi connectivity index (χ1) is 9.17. The molecule has 1 rings (SSSR count). The number of phenols is 1. The van der Waals surface area contributed by atoms with Crippen molar-refractivity contribution < 1.29 is 20.7 Å². The molecule has 0 unspecified atom stereocenters. The summed E-state index contributed by atoms with van der Waals surface area (Å²) in [4.78, 5) is 10.5. The summed E-state index contributed by atoms with van der Waals surface area (Å²) >= 11 is 0. The molecular weight excluding hydrogens is 383 g/mol. The summed E-state index contributed by atoms with van der Waals surface area (Å²) in [5.74, 6) is 0.334. The highest BCUT2D eigenvalue weighted by Crippen LogP contribution is 2.28. The molecule has 0 heterocycles. The molecule has 122 valence electrons. The minimum atomic E-state index is -1.16. The number of carbonyl (C=O) groups excluding carboxylic acids is 1. The van der Waals surface area contributed by atoms with Gasteiger partial charge >= 0.3 is 0 Å². The average Bonchev–Trinajstić information content (AvgIpc) is 2.38. The number of aryl methyl sites for hydroxylation is 1. The molecule has 1 amide bonds. The summed E-state index contributed by atoms with van der Waals surface area (Å²) < 4.78 is 0. The predicted octanol–water partition coefficient (Wildman–Crippen LogP) is 1.47. The number of amides is 1. The molecule has 0 bridgehead atoms. The smallest absolute Gasteiger partial charge is 0.136 e. The molecule has 0 spiro atoms. The fourth-order valence-electron chi connectivity index (χ4n) is 1.87. The molecule has 0 atom stereocenters. The Kier molecular flexibility index (Phi) is 10.4. The van der Waals surface area contributed by atoms with Crippen molar-refractivity contribution in [3.63, 3.8) is 0 Å². The maximum absolute atomic E-state index is 9.51. The van der Waals surface area contributed by atoms with Gasteiger partial charge < -0.3 is 25.6 Å². The lowest BCUT2D eigenvalue weighted by molar-refractivity contribution is -0.490. The molecule has 6 heteroatoms. The van der Waals surface area contributed by atoms with Crippen molar-refractivity contribution in [3.8, 4) is 5.75 Å². The van der Waals surface area contributed by atoms with Crippen molar-refractivity contribution in [1.29, 1.82) is 0 Å². The molecule has 0 fully saturated rings. The van der Waals surface area contributed by atoms with Crippen molar-refractivity contribution in [2.24, 2.45) is 0 Å². The minimum Gasteiger partial charge on any atom is -0.530 e. The van der Waals surface area contributed by atoms with Crippen LogP contribution in [0.15, 0.2) is 18.2 Å². The highest BCUT2D eigenvalue weighted by Gasteiger charge is 2.28. The normalized spacial score (nSPS) is 10.0. The molecule has 5 nitrogen and oxygen atoms in total. The van der Waals surface area contributed by atoms with Gasteiger partial charge in [0.15, 0.2) is 0 Å². The SMILES string of the molecule is CCC([NH3+])(CC)c1ccc(O)cc1C.CN(C)C(=O)[O-].I. The number of halogens is 1. The quantitative estimate of drug-likeness (QED) is 0.740. The molecule has 1 aromatic carbocycles. The second-order valence-corrected chi connectivity index (χ2v) is 5.15. The van der Waals surface area contributed by atoms with Gasteiger partial charge in [0.1, 0.15) is 17.4 Å². The van der Waals surface area contributed by atoms with Crippen LogP contribution in [0.25, 0.3) is 0 Å². The van der Waals surface area contributed by atoms with Crippen LogP contribution in [0.5, 0.6) is 5.75 Å². The van der Waals surface area contributed by atoms with E-state index in [-0.39, 0.29) is 29.5 Å². The topological polar surface area (TPSA) is 91.2 Å². The van der Waals surface area contributed by atoms with Crippen LogP contribution in [0.1, 0.15) is 37.8 Å². The number of carboxylic acid groups (broad SMARTS) is 1. The summed E-state index contributed by atoms with van der Waals surface area (Å²) in [6.45, 7) is 6.34. The summed E-state index contributed by atoms with van der Waals surface area (Å²) in [5, 5.41) is 18.8.